The Bertz CT molecular complexity index is 471. The molecule has 5 nitrogen and oxygen atoms in total. The maximum absolute atomic E-state index is 11.4. The molecule has 90 valence electrons. The molecule has 1 fully saturated rings. The quantitative estimate of drug-likeness (QED) is 0.619. The van der Waals surface area contributed by atoms with E-state index in [1.54, 1.807) is 0 Å². The van der Waals surface area contributed by atoms with Crippen LogP contribution in [0.3, 0.4) is 0 Å². The minimum Gasteiger partial charge on any atom is -0.484 e. The largest absolute Gasteiger partial charge is 0.484 e. The molecule has 1 aliphatic carbocycles. The van der Waals surface area contributed by atoms with E-state index >= 15 is 0 Å². The van der Waals surface area contributed by atoms with Gasteiger partial charge in [0.25, 0.3) is 5.69 Å². The van der Waals surface area contributed by atoms with Gasteiger partial charge < -0.3 is 4.74 Å². The van der Waals surface area contributed by atoms with Crippen LogP contribution in [0, 0.1) is 16.0 Å². The molecule has 0 heterocycles. The van der Waals surface area contributed by atoms with Gasteiger partial charge in [-0.15, -0.1) is 0 Å². The van der Waals surface area contributed by atoms with Gasteiger partial charge in [0.05, 0.1) is 15.5 Å². The highest BCUT2D eigenvalue weighted by molar-refractivity contribution is 9.10. The van der Waals surface area contributed by atoms with Gasteiger partial charge in [0.2, 0.25) is 0 Å². The molecule has 17 heavy (non-hydrogen) atoms. The minimum absolute atomic E-state index is 0.0234. The van der Waals surface area contributed by atoms with Crippen LogP contribution >= 0.6 is 15.9 Å². The number of benzene rings is 1. The van der Waals surface area contributed by atoms with Crippen molar-refractivity contribution < 1.29 is 14.5 Å². The standard InChI is InChI=1S/C11H10BrNO4/c12-9-4-3-8(13(15)16)5-11(9)17-6-10(14)7-1-2-7/h3-5,7H,1-2,6H2. The van der Waals surface area contributed by atoms with Gasteiger partial charge in [0, 0.05) is 12.0 Å². The van der Waals surface area contributed by atoms with Crippen LogP contribution in [-0.2, 0) is 4.79 Å². The third kappa shape index (κ3) is 3.03. The van der Waals surface area contributed by atoms with Gasteiger partial charge in [-0.2, -0.15) is 0 Å². The Hall–Kier alpha value is -1.43. The zero-order valence-corrected chi connectivity index (χ0v) is 10.5. The lowest BCUT2D eigenvalue weighted by Gasteiger charge is -2.06. The second-order valence-electron chi connectivity index (χ2n) is 3.90. The topological polar surface area (TPSA) is 69.4 Å². The molecule has 1 aliphatic rings. The lowest BCUT2D eigenvalue weighted by Crippen LogP contribution is -2.13. The zero-order valence-electron chi connectivity index (χ0n) is 8.89. The summed E-state index contributed by atoms with van der Waals surface area (Å²) in [5, 5.41) is 10.6. The highest BCUT2D eigenvalue weighted by atomic mass is 79.9. The minimum atomic E-state index is -0.498. The third-order valence-electron chi connectivity index (χ3n) is 2.53. The van der Waals surface area contributed by atoms with Crippen LogP contribution in [0.2, 0.25) is 0 Å². The summed E-state index contributed by atoms with van der Waals surface area (Å²) in [6, 6.07) is 4.22. The predicted octanol–water partition coefficient (Wildman–Crippen LogP) is 2.72. The number of ether oxygens (including phenoxy) is 1. The Balaban J connectivity index is 2.05. The lowest BCUT2D eigenvalue weighted by atomic mass is 10.3. The van der Waals surface area contributed by atoms with Crippen molar-refractivity contribution in [3.63, 3.8) is 0 Å². The summed E-state index contributed by atoms with van der Waals surface area (Å²) >= 11 is 3.22. The van der Waals surface area contributed by atoms with E-state index in [1.165, 1.54) is 18.2 Å². The van der Waals surface area contributed by atoms with Gasteiger partial charge in [0.15, 0.2) is 5.78 Å². The molecule has 6 heteroatoms. The lowest BCUT2D eigenvalue weighted by molar-refractivity contribution is -0.385. The van der Waals surface area contributed by atoms with E-state index in [0.717, 1.165) is 12.8 Å². The van der Waals surface area contributed by atoms with Crippen molar-refractivity contribution in [2.75, 3.05) is 6.61 Å². The molecule has 0 unspecified atom stereocenters. The number of ketones is 1. The van der Waals surface area contributed by atoms with Crippen LogP contribution in [0.25, 0.3) is 0 Å². The first-order valence-corrected chi connectivity index (χ1v) is 5.96. The average Bonchev–Trinajstić information content (AvgIpc) is 3.11. The predicted molar refractivity (Wildman–Crippen MR) is 64.0 cm³/mol. The molecule has 0 bridgehead atoms. The zero-order chi connectivity index (χ0) is 12.4. The molecule has 0 spiro atoms. The van der Waals surface area contributed by atoms with Crippen LogP contribution in [0.1, 0.15) is 12.8 Å². The molecule has 1 saturated carbocycles. The molecule has 0 aromatic heterocycles. The highest BCUT2D eigenvalue weighted by Gasteiger charge is 2.29. The number of hydrogen-bond acceptors (Lipinski definition) is 4. The Morgan fingerprint density at radius 2 is 2.24 bits per heavy atom. The van der Waals surface area contributed by atoms with Gasteiger partial charge in [-0.3, -0.25) is 14.9 Å². The third-order valence-corrected chi connectivity index (χ3v) is 3.18. The number of nitrogens with zero attached hydrogens (tertiary/aromatic N) is 1. The molecule has 0 amide bonds. The summed E-state index contributed by atoms with van der Waals surface area (Å²) in [5.41, 5.74) is -0.0536. The van der Waals surface area contributed by atoms with Crippen molar-refractivity contribution in [3.8, 4) is 5.75 Å². The first-order chi connectivity index (χ1) is 8.08. The summed E-state index contributed by atoms with van der Waals surface area (Å²) in [5.74, 6) is 0.518. The highest BCUT2D eigenvalue weighted by Crippen LogP contribution is 2.32. The van der Waals surface area contributed by atoms with Crippen molar-refractivity contribution in [3.05, 3.63) is 32.8 Å². The van der Waals surface area contributed by atoms with E-state index in [1.807, 2.05) is 0 Å². The second-order valence-corrected chi connectivity index (χ2v) is 4.76. The Morgan fingerprint density at radius 1 is 1.53 bits per heavy atom. The van der Waals surface area contributed by atoms with E-state index in [0.29, 0.717) is 10.2 Å². The van der Waals surface area contributed by atoms with Crippen LogP contribution in [0.15, 0.2) is 22.7 Å². The van der Waals surface area contributed by atoms with Gasteiger partial charge in [-0.05, 0) is 34.8 Å². The Morgan fingerprint density at radius 3 is 2.82 bits per heavy atom. The first-order valence-electron chi connectivity index (χ1n) is 5.17. The van der Waals surface area contributed by atoms with Gasteiger partial charge in [-0.1, -0.05) is 0 Å². The molecule has 0 N–H and O–H groups in total. The summed E-state index contributed by atoms with van der Waals surface area (Å²) in [6.07, 6.45) is 1.86. The smallest absolute Gasteiger partial charge is 0.273 e. The number of non-ortho nitro benzene ring substituents is 1. The van der Waals surface area contributed by atoms with Crippen molar-refractivity contribution in [1.82, 2.24) is 0 Å². The summed E-state index contributed by atoms with van der Waals surface area (Å²) in [4.78, 5) is 21.5. The molecule has 0 aliphatic heterocycles. The second kappa shape index (κ2) is 4.83. The van der Waals surface area contributed by atoms with Gasteiger partial charge in [0.1, 0.15) is 12.4 Å². The van der Waals surface area contributed by atoms with E-state index in [-0.39, 0.29) is 24.0 Å². The van der Waals surface area contributed by atoms with E-state index in [2.05, 4.69) is 15.9 Å². The molecule has 0 saturated heterocycles. The average molecular weight is 300 g/mol. The molecule has 1 aromatic carbocycles. The number of halogens is 1. The van der Waals surface area contributed by atoms with E-state index < -0.39 is 4.92 Å². The van der Waals surface area contributed by atoms with Gasteiger partial charge in [-0.25, -0.2) is 0 Å². The van der Waals surface area contributed by atoms with Crippen LogP contribution in [0.4, 0.5) is 5.69 Å². The van der Waals surface area contributed by atoms with Crippen LogP contribution in [-0.4, -0.2) is 17.3 Å². The number of carbonyl (C=O) groups is 1. The summed E-state index contributed by atoms with van der Waals surface area (Å²) < 4.78 is 5.89. The van der Waals surface area contributed by atoms with Crippen molar-refractivity contribution in [1.29, 1.82) is 0 Å². The van der Waals surface area contributed by atoms with Crippen LogP contribution in [0.5, 0.6) is 5.75 Å². The fraction of sp³-hybridized carbons (Fsp3) is 0.364. The molecule has 0 atom stereocenters. The fourth-order valence-electron chi connectivity index (χ4n) is 1.39. The molecule has 1 aromatic rings. The number of rotatable bonds is 5. The summed E-state index contributed by atoms with van der Waals surface area (Å²) in [7, 11) is 0. The van der Waals surface area contributed by atoms with Crippen molar-refractivity contribution in [2.24, 2.45) is 5.92 Å². The number of hydrogen-bond donors (Lipinski definition) is 0. The van der Waals surface area contributed by atoms with E-state index in [9.17, 15) is 14.9 Å². The Labute approximate surface area is 106 Å². The molecule has 2 rings (SSSR count). The monoisotopic (exact) mass is 299 g/mol. The Kier molecular flexibility index (Phi) is 3.42. The summed E-state index contributed by atoms with van der Waals surface area (Å²) in [6.45, 7) is -0.0234. The SMILES string of the molecule is O=C(COc1cc([N+](=O)[O-])ccc1Br)C1CC1. The molecular weight excluding hydrogens is 290 g/mol. The van der Waals surface area contributed by atoms with Crippen LogP contribution < -0.4 is 4.74 Å². The first kappa shape index (κ1) is 12.0. The normalized spacial score (nSPS) is 14.4. The fourth-order valence-corrected chi connectivity index (χ4v) is 1.75. The maximum Gasteiger partial charge on any atom is 0.273 e. The molecule has 0 radical (unpaired) electrons. The van der Waals surface area contributed by atoms with Crippen molar-refractivity contribution >= 4 is 27.4 Å². The van der Waals surface area contributed by atoms with E-state index in [4.69, 9.17) is 4.74 Å². The maximum atomic E-state index is 11.4. The number of nitro benzene ring substituents is 1. The van der Waals surface area contributed by atoms with Gasteiger partial charge >= 0.3 is 0 Å². The number of Topliss-reactive ketones (excluding diaryl/α,β-unsaturated/α-hetero) is 1. The molecular formula is C11H10BrNO4. The number of carbonyl (C=O) groups excluding carboxylic acids is 1. The number of nitro groups is 1. The van der Waals surface area contributed by atoms with Crippen molar-refractivity contribution in [2.45, 2.75) is 12.8 Å².